The lowest BCUT2D eigenvalue weighted by Gasteiger charge is -2.26. The molecule has 0 unspecified atom stereocenters. The van der Waals surface area contributed by atoms with Gasteiger partial charge in [0.25, 0.3) is 5.56 Å². The predicted octanol–water partition coefficient (Wildman–Crippen LogP) is 1.63. The molecule has 7 nitrogen and oxygen atoms in total. The minimum Gasteiger partial charge on any atom is -0.493 e. The van der Waals surface area contributed by atoms with Gasteiger partial charge in [0.15, 0.2) is 11.5 Å². The summed E-state index contributed by atoms with van der Waals surface area (Å²) in [4.78, 5) is 25.9. The molecule has 0 saturated carbocycles. The summed E-state index contributed by atoms with van der Waals surface area (Å²) in [6.07, 6.45) is 1.69. The number of methoxy groups -OCH3 is 1. The van der Waals surface area contributed by atoms with E-state index < -0.39 is 0 Å². The van der Waals surface area contributed by atoms with Crippen molar-refractivity contribution in [3.63, 3.8) is 0 Å². The number of ether oxygens (including phenoxy) is 2. The summed E-state index contributed by atoms with van der Waals surface area (Å²) in [6.45, 7) is 3.50. The Bertz CT molecular complexity index is 809. The molecule has 0 radical (unpaired) electrons. The highest BCUT2D eigenvalue weighted by Gasteiger charge is 2.23. The third kappa shape index (κ3) is 3.70. The molecule has 25 heavy (non-hydrogen) atoms. The average molecular weight is 345 g/mol. The molecule has 3 rings (SSSR count). The predicted molar refractivity (Wildman–Crippen MR) is 93.0 cm³/mol. The van der Waals surface area contributed by atoms with Crippen LogP contribution in [0.3, 0.4) is 0 Å². The maximum atomic E-state index is 12.5. The summed E-state index contributed by atoms with van der Waals surface area (Å²) in [5, 5.41) is 5.45. The fraction of sp³-hybridized carbons (Fsp3) is 0.444. The molecule has 1 aliphatic heterocycles. The highest BCUT2D eigenvalue weighted by Crippen LogP contribution is 2.28. The Balaban J connectivity index is 1.61. The summed E-state index contributed by atoms with van der Waals surface area (Å²) in [7, 11) is 1.60. The van der Waals surface area contributed by atoms with Crippen LogP contribution in [0.4, 0.5) is 0 Å². The van der Waals surface area contributed by atoms with Crippen molar-refractivity contribution in [3.05, 3.63) is 45.4 Å². The number of rotatable bonds is 6. The van der Waals surface area contributed by atoms with E-state index in [9.17, 15) is 9.59 Å². The molecule has 0 fully saturated rings. The van der Waals surface area contributed by atoms with E-state index in [0.717, 1.165) is 11.3 Å². The summed E-state index contributed by atoms with van der Waals surface area (Å²) >= 11 is 0. The minimum atomic E-state index is -0.135. The van der Waals surface area contributed by atoms with E-state index in [0.29, 0.717) is 56.0 Å². The summed E-state index contributed by atoms with van der Waals surface area (Å²) < 4.78 is 10.8. The van der Waals surface area contributed by atoms with E-state index in [2.05, 4.69) is 10.2 Å². The van der Waals surface area contributed by atoms with Crippen molar-refractivity contribution in [2.45, 2.75) is 32.7 Å². The molecule has 0 bridgehead atoms. The van der Waals surface area contributed by atoms with Crippen LogP contribution in [0.2, 0.25) is 0 Å². The number of fused-ring (bicyclic) bond motifs is 1. The Morgan fingerprint density at radius 2 is 2.12 bits per heavy atom. The number of aromatic nitrogens is 2. The number of aromatic amines is 2. The van der Waals surface area contributed by atoms with Gasteiger partial charge in [0, 0.05) is 25.1 Å². The Labute approximate surface area is 145 Å². The molecular weight excluding hydrogens is 322 g/mol. The number of carbonyl (C=O) groups excluding carboxylic acids is 1. The van der Waals surface area contributed by atoms with Crippen molar-refractivity contribution in [3.8, 4) is 11.5 Å². The third-order valence-electron chi connectivity index (χ3n) is 4.45. The summed E-state index contributed by atoms with van der Waals surface area (Å²) in [5.41, 5.74) is 2.46. The van der Waals surface area contributed by atoms with Crippen LogP contribution >= 0.6 is 0 Å². The molecule has 134 valence electrons. The molecule has 2 N–H and O–H groups in total. The van der Waals surface area contributed by atoms with Crippen LogP contribution in [-0.2, 0) is 24.2 Å². The number of aryl methyl sites for hydroxylation is 1. The fourth-order valence-corrected chi connectivity index (χ4v) is 3.08. The van der Waals surface area contributed by atoms with E-state index >= 15 is 0 Å². The number of H-pyrrole nitrogens is 2. The molecule has 2 heterocycles. The smallest absolute Gasteiger partial charge is 0.269 e. The van der Waals surface area contributed by atoms with Crippen LogP contribution in [0, 0.1) is 0 Å². The topological polar surface area (TPSA) is 87.4 Å². The lowest BCUT2D eigenvalue weighted by Crippen LogP contribution is -2.37. The van der Waals surface area contributed by atoms with Crippen molar-refractivity contribution in [1.29, 1.82) is 0 Å². The van der Waals surface area contributed by atoms with Gasteiger partial charge in [-0.1, -0.05) is 6.07 Å². The standard InChI is InChI=1S/C18H23N3O4/c1-3-25-15-6-4-12(10-16(15)24-2)5-7-17(22)21-9-8-14-13(11-21)18(23)20-19-14/h4,6,10H,3,5,7-9,11H2,1-2H3,(H2,19,20,23). The maximum absolute atomic E-state index is 12.5. The van der Waals surface area contributed by atoms with Crippen molar-refractivity contribution in [2.24, 2.45) is 0 Å². The van der Waals surface area contributed by atoms with Gasteiger partial charge in [-0.3, -0.25) is 14.7 Å². The maximum Gasteiger partial charge on any atom is 0.269 e. The first-order valence-electron chi connectivity index (χ1n) is 8.48. The fourth-order valence-electron chi connectivity index (χ4n) is 3.08. The van der Waals surface area contributed by atoms with Crippen molar-refractivity contribution < 1.29 is 14.3 Å². The SMILES string of the molecule is CCOc1ccc(CCC(=O)N2CCc3[nH][nH]c(=O)c3C2)cc1OC. The Hall–Kier alpha value is -2.70. The van der Waals surface area contributed by atoms with E-state index in [4.69, 9.17) is 9.47 Å². The number of hydrogen-bond acceptors (Lipinski definition) is 4. The zero-order valence-electron chi connectivity index (χ0n) is 14.6. The average Bonchev–Trinajstić information content (AvgIpc) is 3.01. The Kier molecular flexibility index (Phi) is 5.11. The molecular formula is C18H23N3O4. The molecule has 1 aliphatic rings. The first-order chi connectivity index (χ1) is 12.1. The van der Waals surface area contributed by atoms with Crippen molar-refractivity contribution in [1.82, 2.24) is 15.1 Å². The first-order valence-corrected chi connectivity index (χ1v) is 8.48. The van der Waals surface area contributed by atoms with Crippen LogP contribution in [0.25, 0.3) is 0 Å². The number of hydrogen-bond donors (Lipinski definition) is 2. The van der Waals surface area contributed by atoms with Gasteiger partial charge >= 0.3 is 0 Å². The highest BCUT2D eigenvalue weighted by atomic mass is 16.5. The van der Waals surface area contributed by atoms with Gasteiger partial charge in [-0.05, 0) is 31.0 Å². The second kappa shape index (κ2) is 7.46. The molecule has 1 aromatic heterocycles. The third-order valence-corrected chi connectivity index (χ3v) is 4.45. The molecule has 0 saturated heterocycles. The highest BCUT2D eigenvalue weighted by molar-refractivity contribution is 5.76. The quantitative estimate of drug-likeness (QED) is 0.833. The van der Waals surface area contributed by atoms with Gasteiger partial charge in [-0.2, -0.15) is 0 Å². The molecule has 1 aromatic carbocycles. The first kappa shape index (κ1) is 17.1. The van der Waals surface area contributed by atoms with Crippen LogP contribution in [0.15, 0.2) is 23.0 Å². The van der Waals surface area contributed by atoms with Gasteiger partial charge in [-0.15, -0.1) is 0 Å². The molecule has 7 heteroatoms. The summed E-state index contributed by atoms with van der Waals surface area (Å²) in [6, 6.07) is 5.73. The molecule has 0 atom stereocenters. The van der Waals surface area contributed by atoms with Gasteiger partial charge in [0.05, 0.1) is 25.8 Å². The van der Waals surface area contributed by atoms with E-state index in [-0.39, 0.29) is 11.5 Å². The zero-order valence-corrected chi connectivity index (χ0v) is 14.6. The van der Waals surface area contributed by atoms with E-state index in [1.54, 1.807) is 12.0 Å². The van der Waals surface area contributed by atoms with Crippen LogP contribution in [0.5, 0.6) is 11.5 Å². The van der Waals surface area contributed by atoms with E-state index in [1.165, 1.54) is 0 Å². The normalized spacial score (nSPS) is 13.4. The number of amides is 1. The largest absolute Gasteiger partial charge is 0.493 e. The zero-order chi connectivity index (χ0) is 17.8. The van der Waals surface area contributed by atoms with Crippen LogP contribution in [0.1, 0.15) is 30.2 Å². The Morgan fingerprint density at radius 1 is 1.28 bits per heavy atom. The molecule has 2 aromatic rings. The second-order valence-electron chi connectivity index (χ2n) is 6.02. The van der Waals surface area contributed by atoms with Crippen LogP contribution < -0.4 is 15.0 Å². The van der Waals surface area contributed by atoms with Gasteiger partial charge in [-0.25, -0.2) is 0 Å². The lowest BCUT2D eigenvalue weighted by atomic mass is 10.1. The van der Waals surface area contributed by atoms with Gasteiger partial charge in [0.1, 0.15) is 0 Å². The minimum absolute atomic E-state index is 0.0547. The number of carbonyl (C=O) groups is 1. The molecule has 1 amide bonds. The van der Waals surface area contributed by atoms with Gasteiger partial charge in [0.2, 0.25) is 5.91 Å². The number of nitrogens with one attached hydrogen (secondary N) is 2. The number of benzene rings is 1. The lowest BCUT2D eigenvalue weighted by molar-refractivity contribution is -0.132. The van der Waals surface area contributed by atoms with Gasteiger partial charge < -0.3 is 19.5 Å². The second-order valence-corrected chi connectivity index (χ2v) is 6.02. The van der Waals surface area contributed by atoms with E-state index in [1.807, 2.05) is 25.1 Å². The van der Waals surface area contributed by atoms with Crippen molar-refractivity contribution in [2.75, 3.05) is 20.3 Å². The molecule has 0 aliphatic carbocycles. The van der Waals surface area contributed by atoms with Crippen LogP contribution in [-0.4, -0.2) is 41.3 Å². The summed E-state index contributed by atoms with van der Waals surface area (Å²) in [5.74, 6) is 1.43. The van der Waals surface area contributed by atoms with Crippen molar-refractivity contribution >= 4 is 5.91 Å². The Morgan fingerprint density at radius 3 is 2.88 bits per heavy atom. The number of nitrogens with zero attached hydrogens (tertiary/aromatic N) is 1. The molecule has 0 spiro atoms. The monoisotopic (exact) mass is 345 g/mol.